The molecule has 2 aromatic rings. The lowest BCUT2D eigenvalue weighted by Crippen LogP contribution is -2.49. The normalized spacial score (nSPS) is 20.1. The molecule has 4 rings (SSSR count). The van der Waals surface area contributed by atoms with Crippen molar-refractivity contribution < 1.29 is 4.79 Å². The van der Waals surface area contributed by atoms with E-state index in [1.165, 1.54) is 10.2 Å². The van der Waals surface area contributed by atoms with Gasteiger partial charge in [0.15, 0.2) is 0 Å². The number of benzene rings is 1. The molecule has 7 nitrogen and oxygen atoms in total. The Kier molecular flexibility index (Phi) is 7.02. The molecule has 0 saturated carbocycles. The van der Waals surface area contributed by atoms with Crippen molar-refractivity contribution in [3.63, 3.8) is 0 Å². The standard InChI is InChI=1S/C24H33N5O2/c1-2-29-24(31)16-22(17-25-29)28-10-6-9-21(19-28)15-23(30)27-13-11-26(12-14-27)18-20-7-4-3-5-8-20/h3-5,7-8,16-17,21H,2,6,9-15,18-19H2,1H3. The summed E-state index contributed by atoms with van der Waals surface area (Å²) in [6.07, 6.45) is 4.48. The maximum Gasteiger partial charge on any atom is 0.268 e. The zero-order valence-corrected chi connectivity index (χ0v) is 18.4. The first-order valence-corrected chi connectivity index (χ1v) is 11.5. The van der Waals surface area contributed by atoms with Crippen LogP contribution in [-0.2, 0) is 17.9 Å². The van der Waals surface area contributed by atoms with Gasteiger partial charge < -0.3 is 9.80 Å². The maximum absolute atomic E-state index is 12.9. The van der Waals surface area contributed by atoms with Gasteiger partial charge >= 0.3 is 0 Å². The molecule has 2 fully saturated rings. The maximum atomic E-state index is 12.9. The second-order valence-electron chi connectivity index (χ2n) is 8.67. The fourth-order valence-electron chi connectivity index (χ4n) is 4.67. The number of carbonyl (C=O) groups is 1. The summed E-state index contributed by atoms with van der Waals surface area (Å²) in [5.41, 5.74) is 2.14. The van der Waals surface area contributed by atoms with Crippen molar-refractivity contribution in [3.8, 4) is 0 Å². The number of piperidine rings is 1. The monoisotopic (exact) mass is 423 g/mol. The van der Waals surface area contributed by atoms with E-state index in [0.717, 1.165) is 64.3 Å². The van der Waals surface area contributed by atoms with Gasteiger partial charge in [-0.05, 0) is 31.2 Å². The third-order valence-corrected chi connectivity index (χ3v) is 6.48. The average molecular weight is 424 g/mol. The van der Waals surface area contributed by atoms with Crippen LogP contribution in [0.3, 0.4) is 0 Å². The molecule has 2 aliphatic heterocycles. The van der Waals surface area contributed by atoms with Gasteiger partial charge in [-0.15, -0.1) is 0 Å². The molecule has 0 N–H and O–H groups in total. The molecule has 1 aromatic heterocycles. The Morgan fingerprint density at radius 3 is 2.58 bits per heavy atom. The number of hydrogen-bond acceptors (Lipinski definition) is 5. The highest BCUT2D eigenvalue weighted by Gasteiger charge is 2.27. The van der Waals surface area contributed by atoms with E-state index >= 15 is 0 Å². The number of carbonyl (C=O) groups excluding carboxylic acids is 1. The second-order valence-corrected chi connectivity index (χ2v) is 8.67. The molecule has 31 heavy (non-hydrogen) atoms. The van der Waals surface area contributed by atoms with Crippen LogP contribution in [0.4, 0.5) is 5.69 Å². The van der Waals surface area contributed by atoms with Gasteiger partial charge in [0.05, 0.1) is 11.9 Å². The van der Waals surface area contributed by atoms with E-state index in [0.29, 0.717) is 18.9 Å². The zero-order chi connectivity index (χ0) is 21.6. The van der Waals surface area contributed by atoms with E-state index < -0.39 is 0 Å². The van der Waals surface area contributed by atoms with Crippen LogP contribution >= 0.6 is 0 Å². The fraction of sp³-hybridized carbons (Fsp3) is 0.542. The average Bonchev–Trinajstić information content (AvgIpc) is 2.80. The molecule has 1 amide bonds. The van der Waals surface area contributed by atoms with Crippen molar-refractivity contribution in [2.75, 3.05) is 44.2 Å². The first-order chi connectivity index (χ1) is 15.1. The summed E-state index contributed by atoms with van der Waals surface area (Å²) in [6, 6.07) is 12.2. The third-order valence-electron chi connectivity index (χ3n) is 6.48. The lowest BCUT2D eigenvalue weighted by atomic mass is 9.93. The molecule has 1 aromatic carbocycles. The quantitative estimate of drug-likeness (QED) is 0.713. The molecular formula is C24H33N5O2. The number of hydrogen-bond donors (Lipinski definition) is 0. The number of nitrogens with zero attached hydrogens (tertiary/aromatic N) is 5. The van der Waals surface area contributed by atoms with Crippen molar-refractivity contribution in [2.45, 2.75) is 39.3 Å². The summed E-state index contributed by atoms with van der Waals surface area (Å²) < 4.78 is 1.46. The summed E-state index contributed by atoms with van der Waals surface area (Å²) in [5.74, 6) is 0.600. The van der Waals surface area contributed by atoms with Crippen LogP contribution in [-0.4, -0.2) is 64.8 Å². The van der Waals surface area contributed by atoms with E-state index in [4.69, 9.17) is 0 Å². The zero-order valence-electron chi connectivity index (χ0n) is 18.4. The molecule has 0 spiro atoms. The van der Waals surface area contributed by atoms with E-state index in [2.05, 4.69) is 39.2 Å². The smallest absolute Gasteiger partial charge is 0.268 e. The Balaban J connectivity index is 1.27. The van der Waals surface area contributed by atoms with Crippen molar-refractivity contribution in [3.05, 3.63) is 58.5 Å². The van der Waals surface area contributed by atoms with E-state index in [1.54, 1.807) is 12.3 Å². The van der Waals surface area contributed by atoms with Crippen molar-refractivity contribution in [1.82, 2.24) is 19.6 Å². The number of piperazine rings is 1. The van der Waals surface area contributed by atoms with Crippen molar-refractivity contribution >= 4 is 11.6 Å². The molecule has 0 radical (unpaired) electrons. The summed E-state index contributed by atoms with van der Waals surface area (Å²) in [4.78, 5) is 31.7. The van der Waals surface area contributed by atoms with Crippen molar-refractivity contribution in [1.29, 1.82) is 0 Å². The van der Waals surface area contributed by atoms with Crippen LogP contribution in [0.25, 0.3) is 0 Å². The summed E-state index contributed by atoms with van der Waals surface area (Å²) in [7, 11) is 0. The molecule has 2 aliphatic rings. The SMILES string of the molecule is CCn1ncc(N2CCCC(CC(=O)N3CCN(Cc4ccccc4)CC3)C2)cc1=O. The molecule has 0 bridgehead atoms. The lowest BCUT2D eigenvalue weighted by Gasteiger charge is -2.37. The first-order valence-electron chi connectivity index (χ1n) is 11.5. The van der Waals surface area contributed by atoms with Gasteiger partial charge in [-0.3, -0.25) is 14.5 Å². The largest absolute Gasteiger partial charge is 0.370 e. The van der Waals surface area contributed by atoms with Gasteiger partial charge in [-0.2, -0.15) is 5.10 Å². The molecule has 0 aliphatic carbocycles. The number of aromatic nitrogens is 2. The van der Waals surface area contributed by atoms with Crippen LogP contribution in [0, 0.1) is 5.92 Å². The molecule has 166 valence electrons. The predicted molar refractivity (Wildman–Crippen MR) is 122 cm³/mol. The number of amides is 1. The number of anilines is 1. The summed E-state index contributed by atoms with van der Waals surface area (Å²) in [5, 5.41) is 4.25. The van der Waals surface area contributed by atoms with E-state index in [9.17, 15) is 9.59 Å². The third kappa shape index (κ3) is 5.53. The van der Waals surface area contributed by atoms with Gasteiger partial charge in [-0.25, -0.2) is 4.68 Å². The van der Waals surface area contributed by atoms with Gasteiger partial charge in [0.2, 0.25) is 5.91 Å². The van der Waals surface area contributed by atoms with Crippen molar-refractivity contribution in [2.24, 2.45) is 5.92 Å². The van der Waals surface area contributed by atoms with Gasteiger partial charge in [0, 0.05) is 64.8 Å². The fourth-order valence-corrected chi connectivity index (χ4v) is 4.67. The molecule has 1 unspecified atom stereocenters. The molecule has 1 atom stereocenters. The molecule has 3 heterocycles. The summed E-state index contributed by atoms with van der Waals surface area (Å²) >= 11 is 0. The van der Waals surface area contributed by atoms with Crippen LogP contribution in [0.5, 0.6) is 0 Å². The minimum atomic E-state index is -0.0634. The highest BCUT2D eigenvalue weighted by molar-refractivity contribution is 5.76. The number of rotatable bonds is 6. The molecule has 7 heteroatoms. The van der Waals surface area contributed by atoms with Gasteiger partial charge in [-0.1, -0.05) is 30.3 Å². The topological polar surface area (TPSA) is 61.7 Å². The predicted octanol–water partition coefficient (Wildman–Crippen LogP) is 2.21. The Morgan fingerprint density at radius 1 is 1.10 bits per heavy atom. The van der Waals surface area contributed by atoms with E-state index in [-0.39, 0.29) is 11.5 Å². The van der Waals surface area contributed by atoms with Gasteiger partial charge in [0.25, 0.3) is 5.56 Å². The minimum absolute atomic E-state index is 0.0634. The second kappa shape index (κ2) is 10.1. The molecular weight excluding hydrogens is 390 g/mol. The Bertz CT molecular complexity index is 921. The number of aryl methyl sites for hydroxylation is 1. The van der Waals surface area contributed by atoms with Crippen LogP contribution in [0.1, 0.15) is 31.7 Å². The Morgan fingerprint density at radius 2 is 1.87 bits per heavy atom. The van der Waals surface area contributed by atoms with Crippen LogP contribution < -0.4 is 10.5 Å². The van der Waals surface area contributed by atoms with Crippen LogP contribution in [0.2, 0.25) is 0 Å². The minimum Gasteiger partial charge on any atom is -0.370 e. The van der Waals surface area contributed by atoms with Gasteiger partial charge in [0.1, 0.15) is 0 Å². The Hall–Kier alpha value is -2.67. The molecule has 2 saturated heterocycles. The first kappa shape index (κ1) is 21.6. The highest BCUT2D eigenvalue weighted by Crippen LogP contribution is 2.24. The highest BCUT2D eigenvalue weighted by atomic mass is 16.2. The van der Waals surface area contributed by atoms with E-state index in [1.807, 2.05) is 17.9 Å². The summed E-state index contributed by atoms with van der Waals surface area (Å²) in [6.45, 7) is 8.64. The van der Waals surface area contributed by atoms with Crippen LogP contribution in [0.15, 0.2) is 47.4 Å². The Labute approximate surface area is 184 Å². The lowest BCUT2D eigenvalue weighted by molar-refractivity contribution is -0.134.